The van der Waals surface area contributed by atoms with Gasteiger partial charge in [-0.15, -0.1) is 0 Å². The molecule has 0 radical (unpaired) electrons. The number of phenols is 1. The number of rotatable bonds is 11. The number of nitrogens with two attached hydrogens (primary N) is 1. The van der Waals surface area contributed by atoms with Gasteiger partial charge in [0, 0.05) is 6.42 Å². The van der Waals surface area contributed by atoms with Crippen LogP contribution in [-0.2, 0) is 22.7 Å². The van der Waals surface area contributed by atoms with Gasteiger partial charge < -0.3 is 45.7 Å². The van der Waals surface area contributed by atoms with Crippen molar-refractivity contribution in [1.82, 2.24) is 5.32 Å². The topological polar surface area (TPSA) is 181 Å². The van der Waals surface area contributed by atoms with Crippen LogP contribution in [0.2, 0.25) is 0 Å². The molecule has 1 aliphatic rings. The van der Waals surface area contributed by atoms with E-state index in [-0.39, 0.29) is 42.2 Å². The molecule has 1 fully saturated rings. The third-order valence-corrected chi connectivity index (χ3v) is 6.59. The van der Waals surface area contributed by atoms with Gasteiger partial charge in [-0.05, 0) is 31.0 Å². The summed E-state index contributed by atoms with van der Waals surface area (Å²) in [4.78, 5) is 25.1. The lowest BCUT2D eigenvalue weighted by atomic mass is 9.97. The van der Waals surface area contributed by atoms with Crippen molar-refractivity contribution < 1.29 is 44.2 Å². The molecule has 0 saturated carbocycles. The van der Waals surface area contributed by atoms with Crippen molar-refractivity contribution in [2.24, 2.45) is 11.7 Å². The minimum absolute atomic E-state index is 0.0152. The van der Waals surface area contributed by atoms with Gasteiger partial charge >= 0.3 is 0 Å². The number of amides is 1. The molecule has 0 aliphatic carbocycles. The Morgan fingerprint density at radius 1 is 1.24 bits per heavy atom. The SMILES string of the molecule is CC1OC(Oc2cc(CO)c(C(=O)CN)c(OCc3ccccc3)c2O)CC(NC(=O)[C@H](C)[C@@H](C)O)C1O. The number of benzene rings is 2. The smallest absolute Gasteiger partial charge is 0.225 e. The maximum absolute atomic E-state index is 12.6. The van der Waals surface area contributed by atoms with Crippen LogP contribution in [0.3, 0.4) is 0 Å². The average molecular weight is 533 g/mol. The van der Waals surface area contributed by atoms with Crippen LogP contribution < -0.4 is 20.5 Å². The van der Waals surface area contributed by atoms with E-state index in [0.717, 1.165) is 5.56 Å². The van der Waals surface area contributed by atoms with Gasteiger partial charge in [0.05, 0.1) is 42.9 Å². The summed E-state index contributed by atoms with van der Waals surface area (Å²) in [6.07, 6.45) is -3.67. The minimum Gasteiger partial charge on any atom is -0.502 e. The van der Waals surface area contributed by atoms with Gasteiger partial charge in [-0.1, -0.05) is 37.3 Å². The van der Waals surface area contributed by atoms with E-state index in [9.17, 15) is 30.0 Å². The van der Waals surface area contributed by atoms with Crippen LogP contribution >= 0.6 is 0 Å². The van der Waals surface area contributed by atoms with Crippen molar-refractivity contribution >= 4 is 11.7 Å². The summed E-state index contributed by atoms with van der Waals surface area (Å²) in [5.41, 5.74) is 6.43. The molecule has 1 saturated heterocycles. The van der Waals surface area contributed by atoms with E-state index in [1.165, 1.54) is 13.0 Å². The number of aliphatic hydroxyl groups is 3. The molecule has 0 bridgehead atoms. The molecule has 3 rings (SSSR count). The second-order valence-corrected chi connectivity index (χ2v) is 9.41. The van der Waals surface area contributed by atoms with Gasteiger partial charge in [0.1, 0.15) is 12.7 Å². The molecule has 1 aliphatic heterocycles. The maximum Gasteiger partial charge on any atom is 0.225 e. The van der Waals surface area contributed by atoms with Crippen LogP contribution in [0.1, 0.15) is 48.7 Å². The first-order chi connectivity index (χ1) is 18.1. The fourth-order valence-corrected chi connectivity index (χ4v) is 4.11. The number of ether oxygens (including phenoxy) is 3. The average Bonchev–Trinajstić information content (AvgIpc) is 2.91. The number of Topliss-reactive ketones (excluding diaryl/α,β-unsaturated/α-hetero) is 1. The molecule has 208 valence electrons. The number of hydrogen-bond acceptors (Lipinski definition) is 10. The number of nitrogens with one attached hydrogen (secondary N) is 1. The number of carbonyl (C=O) groups excluding carboxylic acids is 2. The van der Waals surface area contributed by atoms with Gasteiger partial charge in [0.25, 0.3) is 0 Å². The van der Waals surface area contributed by atoms with E-state index in [2.05, 4.69) is 5.32 Å². The van der Waals surface area contributed by atoms with Crippen molar-refractivity contribution in [1.29, 1.82) is 0 Å². The summed E-state index contributed by atoms with van der Waals surface area (Å²) in [5.74, 6) is -2.48. The van der Waals surface area contributed by atoms with Gasteiger partial charge in [0.2, 0.25) is 17.9 Å². The first kappa shape index (κ1) is 29.3. The largest absolute Gasteiger partial charge is 0.502 e. The number of ketones is 1. The highest BCUT2D eigenvalue weighted by Crippen LogP contribution is 2.43. The van der Waals surface area contributed by atoms with Crippen molar-refractivity contribution in [3.63, 3.8) is 0 Å². The fourth-order valence-electron chi connectivity index (χ4n) is 4.11. The minimum atomic E-state index is -1.05. The quantitative estimate of drug-likeness (QED) is 0.228. The number of aliphatic hydroxyl groups excluding tert-OH is 3. The standard InChI is InChI=1S/C27H36N2O9/c1-14(15(2)31)27(35)29-19-10-22(37-16(3)24(19)33)38-21-9-18(12-30)23(20(32)11-28)26(25(21)34)36-13-17-7-5-4-6-8-17/h4-9,14-16,19,22,24,30-31,33-34H,10-13,28H2,1-3H3,(H,29,35)/t14-,15-,16?,19?,22?,24?/m1/s1. The Labute approximate surface area is 221 Å². The predicted molar refractivity (Wildman–Crippen MR) is 137 cm³/mol. The first-order valence-electron chi connectivity index (χ1n) is 12.5. The second kappa shape index (κ2) is 13.0. The lowest BCUT2D eigenvalue weighted by Gasteiger charge is -2.38. The van der Waals surface area contributed by atoms with Gasteiger partial charge in [-0.3, -0.25) is 9.59 Å². The molecular formula is C27H36N2O9. The van der Waals surface area contributed by atoms with E-state index in [4.69, 9.17) is 19.9 Å². The summed E-state index contributed by atoms with van der Waals surface area (Å²) < 4.78 is 17.5. The van der Waals surface area contributed by atoms with E-state index in [0.29, 0.717) is 0 Å². The molecule has 38 heavy (non-hydrogen) atoms. The Balaban J connectivity index is 1.89. The van der Waals surface area contributed by atoms with Gasteiger partial charge in [-0.25, -0.2) is 0 Å². The molecule has 6 atom stereocenters. The summed E-state index contributed by atoms with van der Waals surface area (Å²) >= 11 is 0. The zero-order valence-corrected chi connectivity index (χ0v) is 21.7. The zero-order chi connectivity index (χ0) is 28.0. The normalized spacial score (nSPS) is 22.8. The molecule has 0 aromatic heterocycles. The van der Waals surface area contributed by atoms with Crippen LogP contribution in [0.4, 0.5) is 0 Å². The number of aromatic hydroxyl groups is 1. The van der Waals surface area contributed by atoms with Crippen LogP contribution in [0, 0.1) is 5.92 Å². The molecule has 2 aromatic rings. The summed E-state index contributed by atoms with van der Waals surface area (Å²) in [7, 11) is 0. The van der Waals surface area contributed by atoms with Crippen LogP contribution in [0.5, 0.6) is 17.2 Å². The Morgan fingerprint density at radius 3 is 2.53 bits per heavy atom. The molecule has 0 spiro atoms. The first-order valence-corrected chi connectivity index (χ1v) is 12.5. The molecule has 4 unspecified atom stereocenters. The lowest BCUT2D eigenvalue weighted by molar-refractivity contribution is -0.192. The number of carbonyl (C=O) groups is 2. The lowest BCUT2D eigenvalue weighted by Crippen LogP contribution is -2.57. The Kier molecular flexibility index (Phi) is 10.1. The van der Waals surface area contributed by atoms with E-state index >= 15 is 0 Å². The monoisotopic (exact) mass is 532 g/mol. The molecule has 11 nitrogen and oxygen atoms in total. The van der Waals surface area contributed by atoms with E-state index in [1.807, 2.05) is 30.3 Å². The van der Waals surface area contributed by atoms with Crippen LogP contribution in [0.15, 0.2) is 36.4 Å². The zero-order valence-electron chi connectivity index (χ0n) is 21.7. The van der Waals surface area contributed by atoms with Crippen LogP contribution in [0.25, 0.3) is 0 Å². The highest BCUT2D eigenvalue weighted by molar-refractivity contribution is 6.02. The third-order valence-electron chi connectivity index (χ3n) is 6.59. The maximum atomic E-state index is 12.6. The van der Waals surface area contributed by atoms with Crippen LogP contribution in [-0.4, -0.2) is 69.3 Å². The van der Waals surface area contributed by atoms with Gasteiger partial charge in [0.15, 0.2) is 17.3 Å². The number of hydrogen-bond donors (Lipinski definition) is 6. The molecule has 1 heterocycles. The Morgan fingerprint density at radius 2 is 1.92 bits per heavy atom. The van der Waals surface area contributed by atoms with Crippen molar-refractivity contribution in [3.8, 4) is 17.2 Å². The van der Waals surface area contributed by atoms with Crippen molar-refractivity contribution in [3.05, 3.63) is 53.1 Å². The fraction of sp³-hybridized carbons (Fsp3) is 0.481. The highest BCUT2D eigenvalue weighted by Gasteiger charge is 2.39. The summed E-state index contributed by atoms with van der Waals surface area (Å²) in [6, 6.07) is 9.63. The molecular weight excluding hydrogens is 496 g/mol. The second-order valence-electron chi connectivity index (χ2n) is 9.41. The van der Waals surface area contributed by atoms with E-state index in [1.54, 1.807) is 13.8 Å². The van der Waals surface area contributed by atoms with Gasteiger partial charge in [-0.2, -0.15) is 0 Å². The number of phenolic OH excluding ortho intramolecular Hbond substituents is 1. The summed E-state index contributed by atoms with van der Waals surface area (Å²) in [6.45, 7) is 3.76. The Hall–Kier alpha value is -3.22. The third kappa shape index (κ3) is 6.80. The molecule has 1 amide bonds. The van der Waals surface area contributed by atoms with Crippen molar-refractivity contribution in [2.45, 2.75) is 71.0 Å². The molecule has 11 heteroatoms. The molecule has 2 aromatic carbocycles. The summed E-state index contributed by atoms with van der Waals surface area (Å²) in [5, 5.41) is 44.1. The molecule has 7 N–H and O–H groups in total. The van der Waals surface area contributed by atoms with E-state index < -0.39 is 60.6 Å². The predicted octanol–water partition coefficient (Wildman–Crippen LogP) is 0.981. The van der Waals surface area contributed by atoms with Crippen molar-refractivity contribution in [2.75, 3.05) is 6.54 Å². The highest BCUT2D eigenvalue weighted by atomic mass is 16.7. The Bertz CT molecular complexity index is 1110.